The maximum absolute atomic E-state index is 13.4. The number of aliphatic hydroxyl groups is 1. The van der Waals surface area contributed by atoms with Gasteiger partial charge in [-0.1, -0.05) is 13.0 Å². The molecule has 0 aliphatic heterocycles. The van der Waals surface area contributed by atoms with E-state index >= 15 is 0 Å². The van der Waals surface area contributed by atoms with E-state index in [1.54, 1.807) is 18.2 Å². The van der Waals surface area contributed by atoms with Crippen LogP contribution in [-0.2, 0) is 11.2 Å². The number of nitrogens with zero attached hydrogens (tertiary/aromatic N) is 2. The predicted octanol–water partition coefficient (Wildman–Crippen LogP) is 3.13. The first-order chi connectivity index (χ1) is 16.2. The van der Waals surface area contributed by atoms with Crippen LogP contribution < -0.4 is 16.4 Å². The van der Waals surface area contributed by atoms with Crippen LogP contribution in [0.2, 0.25) is 0 Å². The van der Waals surface area contributed by atoms with Gasteiger partial charge in [-0.15, -0.1) is 0 Å². The Bertz CT molecular complexity index is 1240. The number of hydrogen-bond acceptors (Lipinski definition) is 6. The summed E-state index contributed by atoms with van der Waals surface area (Å²) in [4.78, 5) is 33.4. The van der Waals surface area contributed by atoms with E-state index in [2.05, 4.69) is 20.6 Å². The van der Waals surface area contributed by atoms with Crippen LogP contribution in [-0.4, -0.2) is 32.9 Å². The maximum atomic E-state index is 13.4. The molecule has 1 heterocycles. The minimum absolute atomic E-state index is 0.0339. The maximum Gasteiger partial charge on any atom is 0.273 e. The summed E-state index contributed by atoms with van der Waals surface area (Å²) in [5, 5.41) is 15.6. The second-order valence-corrected chi connectivity index (χ2v) is 8.06. The van der Waals surface area contributed by atoms with Crippen LogP contribution in [0.5, 0.6) is 0 Å². The minimum Gasteiger partial charge on any atom is -0.382 e. The van der Waals surface area contributed by atoms with Crippen LogP contribution in [0.15, 0.2) is 42.6 Å². The first kappa shape index (κ1) is 23.2. The van der Waals surface area contributed by atoms with Crippen molar-refractivity contribution in [3.8, 4) is 11.3 Å². The number of carbonyl (C=O) groups excluding carboxylic acids is 2. The highest BCUT2D eigenvalue weighted by Gasteiger charge is 2.26. The number of amides is 2. The zero-order chi connectivity index (χ0) is 24.4. The molecule has 5 N–H and O–H groups in total. The van der Waals surface area contributed by atoms with E-state index in [1.807, 2.05) is 6.92 Å². The normalized spacial score (nSPS) is 13.9. The van der Waals surface area contributed by atoms with Crippen molar-refractivity contribution in [2.45, 2.75) is 38.3 Å². The molecular formula is C24H23F2N5O3. The van der Waals surface area contributed by atoms with Crippen LogP contribution in [0.3, 0.4) is 0 Å². The van der Waals surface area contributed by atoms with Crippen molar-refractivity contribution in [1.82, 2.24) is 15.3 Å². The van der Waals surface area contributed by atoms with E-state index in [0.29, 0.717) is 29.4 Å². The molecule has 8 nitrogen and oxygen atoms in total. The number of aryl methyl sites for hydroxylation is 1. The number of aromatic nitrogens is 2. The molecule has 1 aliphatic rings. The largest absolute Gasteiger partial charge is 0.382 e. The van der Waals surface area contributed by atoms with E-state index < -0.39 is 23.6 Å². The van der Waals surface area contributed by atoms with Gasteiger partial charge in [0, 0.05) is 23.4 Å². The van der Waals surface area contributed by atoms with Crippen molar-refractivity contribution in [3.63, 3.8) is 0 Å². The fraction of sp³-hybridized carbons (Fsp3) is 0.250. The average Bonchev–Trinajstić information content (AvgIpc) is 3.62. The number of halogens is 2. The summed E-state index contributed by atoms with van der Waals surface area (Å²) in [5.74, 6) is -2.97. The summed E-state index contributed by atoms with van der Waals surface area (Å²) in [6.45, 7) is 1.90. The number of aliphatic hydroxyl groups excluding tert-OH is 1. The third-order valence-electron chi connectivity index (χ3n) is 5.41. The SMILES string of the molecule is CCc1cc(NC(=O)C(O)c2cc(F)cc(F)c2)ccc1-c1cnc(N)c(C(=O)NC2CC2)n1. The van der Waals surface area contributed by atoms with Gasteiger partial charge in [-0.2, -0.15) is 0 Å². The van der Waals surface area contributed by atoms with Crippen molar-refractivity contribution in [3.05, 3.63) is 71.1 Å². The fourth-order valence-corrected chi connectivity index (χ4v) is 3.49. The molecule has 10 heteroatoms. The number of nitrogen functional groups attached to an aromatic ring is 1. The third-order valence-corrected chi connectivity index (χ3v) is 5.41. The molecule has 0 bridgehead atoms. The molecular weight excluding hydrogens is 444 g/mol. The van der Waals surface area contributed by atoms with Crippen LogP contribution in [0, 0.1) is 11.6 Å². The molecule has 0 saturated heterocycles. The lowest BCUT2D eigenvalue weighted by molar-refractivity contribution is -0.124. The standard InChI is InChI=1S/C24H23F2N5O3/c1-2-12-9-17(30-24(34)21(32)13-7-14(25)10-15(26)8-13)5-6-18(12)19-11-28-22(27)20(31-19)23(33)29-16-3-4-16/h5-11,16,21,32H,2-4H2,1H3,(H2,27,28)(H,29,33)(H,30,34). The number of nitrogens with two attached hydrogens (primary N) is 1. The third kappa shape index (κ3) is 5.18. The second kappa shape index (κ2) is 9.52. The summed E-state index contributed by atoms with van der Waals surface area (Å²) in [6, 6.07) is 7.56. The molecule has 176 valence electrons. The number of benzene rings is 2. The number of hydrogen-bond donors (Lipinski definition) is 4. The Morgan fingerprint density at radius 1 is 1.18 bits per heavy atom. The van der Waals surface area contributed by atoms with E-state index in [9.17, 15) is 23.5 Å². The Hall–Kier alpha value is -3.92. The monoisotopic (exact) mass is 467 g/mol. The van der Waals surface area contributed by atoms with Gasteiger partial charge in [0.15, 0.2) is 17.6 Å². The molecule has 2 aromatic carbocycles. The lowest BCUT2D eigenvalue weighted by Gasteiger charge is -2.15. The molecule has 1 aliphatic carbocycles. The molecule has 1 aromatic heterocycles. The zero-order valence-corrected chi connectivity index (χ0v) is 18.3. The average molecular weight is 467 g/mol. The van der Waals surface area contributed by atoms with Gasteiger partial charge in [-0.05, 0) is 54.7 Å². The Labute approximate surface area is 194 Å². The van der Waals surface area contributed by atoms with Crippen molar-refractivity contribution < 1.29 is 23.5 Å². The van der Waals surface area contributed by atoms with Crippen LogP contribution >= 0.6 is 0 Å². The molecule has 1 atom stereocenters. The Morgan fingerprint density at radius 2 is 1.88 bits per heavy atom. The van der Waals surface area contributed by atoms with Crippen LogP contribution in [0.25, 0.3) is 11.3 Å². The van der Waals surface area contributed by atoms with Crippen molar-refractivity contribution in [2.75, 3.05) is 11.1 Å². The fourth-order valence-electron chi connectivity index (χ4n) is 3.49. The van der Waals surface area contributed by atoms with Gasteiger partial charge in [-0.3, -0.25) is 9.59 Å². The molecule has 1 saturated carbocycles. The Kier molecular flexibility index (Phi) is 6.51. The van der Waals surface area contributed by atoms with E-state index in [0.717, 1.165) is 30.5 Å². The summed E-state index contributed by atoms with van der Waals surface area (Å²) in [7, 11) is 0. The molecule has 4 rings (SSSR count). The summed E-state index contributed by atoms with van der Waals surface area (Å²) >= 11 is 0. The molecule has 1 unspecified atom stereocenters. The highest BCUT2D eigenvalue weighted by atomic mass is 19.1. The van der Waals surface area contributed by atoms with Crippen molar-refractivity contribution in [1.29, 1.82) is 0 Å². The molecule has 1 fully saturated rings. The number of rotatable bonds is 7. The highest BCUT2D eigenvalue weighted by Crippen LogP contribution is 2.28. The number of carbonyl (C=O) groups is 2. The summed E-state index contributed by atoms with van der Waals surface area (Å²) in [5.41, 5.74) is 8.01. The minimum atomic E-state index is -1.76. The quantitative estimate of drug-likeness (QED) is 0.422. The van der Waals surface area contributed by atoms with Gasteiger partial charge in [0.1, 0.15) is 11.6 Å². The summed E-state index contributed by atoms with van der Waals surface area (Å²) < 4.78 is 26.8. The predicted molar refractivity (Wildman–Crippen MR) is 122 cm³/mol. The first-order valence-electron chi connectivity index (χ1n) is 10.8. The molecule has 2 amide bonds. The van der Waals surface area contributed by atoms with Crippen molar-refractivity contribution in [2.24, 2.45) is 0 Å². The second-order valence-electron chi connectivity index (χ2n) is 8.06. The lowest BCUT2D eigenvalue weighted by atomic mass is 10.0. The Morgan fingerprint density at radius 3 is 2.53 bits per heavy atom. The van der Waals surface area contributed by atoms with Gasteiger partial charge < -0.3 is 21.5 Å². The number of anilines is 2. The van der Waals surface area contributed by atoms with Crippen molar-refractivity contribution >= 4 is 23.3 Å². The van der Waals surface area contributed by atoms with Crippen LogP contribution in [0.1, 0.15) is 47.5 Å². The zero-order valence-electron chi connectivity index (χ0n) is 18.3. The first-order valence-corrected chi connectivity index (χ1v) is 10.8. The molecule has 0 radical (unpaired) electrons. The topological polar surface area (TPSA) is 130 Å². The smallest absolute Gasteiger partial charge is 0.273 e. The van der Waals surface area contributed by atoms with Gasteiger partial charge in [0.25, 0.3) is 11.8 Å². The van der Waals surface area contributed by atoms with E-state index in [-0.39, 0.29) is 29.0 Å². The van der Waals surface area contributed by atoms with E-state index in [1.165, 1.54) is 6.20 Å². The summed E-state index contributed by atoms with van der Waals surface area (Å²) in [6.07, 6.45) is 2.12. The number of nitrogens with one attached hydrogen (secondary N) is 2. The lowest BCUT2D eigenvalue weighted by Crippen LogP contribution is -2.27. The van der Waals surface area contributed by atoms with Gasteiger partial charge in [0.05, 0.1) is 11.9 Å². The molecule has 34 heavy (non-hydrogen) atoms. The van der Waals surface area contributed by atoms with Gasteiger partial charge in [0.2, 0.25) is 0 Å². The molecule has 0 spiro atoms. The highest BCUT2D eigenvalue weighted by molar-refractivity contribution is 5.97. The van der Waals surface area contributed by atoms with Crippen LogP contribution in [0.4, 0.5) is 20.3 Å². The molecule has 3 aromatic rings. The van der Waals surface area contributed by atoms with Gasteiger partial charge in [-0.25, -0.2) is 18.7 Å². The van der Waals surface area contributed by atoms with E-state index in [4.69, 9.17) is 5.73 Å². The van der Waals surface area contributed by atoms with Gasteiger partial charge >= 0.3 is 0 Å². The Balaban J connectivity index is 1.56.